The van der Waals surface area contributed by atoms with Gasteiger partial charge in [0.2, 0.25) is 5.91 Å². The molecule has 0 aromatic heterocycles. The van der Waals surface area contributed by atoms with Crippen molar-refractivity contribution in [3.63, 3.8) is 0 Å². The number of nitrogen functional groups attached to an aromatic ring is 1. The Morgan fingerprint density at radius 3 is 2.25 bits per heavy atom. The summed E-state index contributed by atoms with van der Waals surface area (Å²) >= 11 is 0. The number of carbonyl (C=O) groups is 3. The molecule has 3 N–H and O–H groups in total. The third kappa shape index (κ3) is 6.74. The average molecular weight is 542 g/mol. The standard InChI is InChI=1S/C31H35N5O4/c1-34-15-17-36(18-16-34)20-29(38)35(2)25-12-10-24(11-13-25)33-30(22-7-5-4-6-8-22)27(21-37)26-14-9-23(19-28(26)32)31(39)40-3/h4-14,19,21,33H,15-18,20,32H2,1-3H3/b30-27+. The second-order valence-electron chi connectivity index (χ2n) is 9.77. The number of hydrogen-bond acceptors (Lipinski definition) is 8. The maximum atomic E-state index is 12.9. The Bertz CT molecular complexity index is 1380. The maximum Gasteiger partial charge on any atom is 0.337 e. The van der Waals surface area contributed by atoms with E-state index >= 15 is 0 Å². The molecule has 1 amide bonds. The number of methoxy groups -OCH3 is 1. The molecule has 9 heteroatoms. The first-order valence-electron chi connectivity index (χ1n) is 13.1. The number of esters is 1. The van der Waals surface area contributed by atoms with Crippen molar-refractivity contribution >= 4 is 46.5 Å². The second-order valence-corrected chi connectivity index (χ2v) is 9.77. The molecule has 0 unspecified atom stereocenters. The van der Waals surface area contributed by atoms with E-state index in [4.69, 9.17) is 10.5 Å². The summed E-state index contributed by atoms with van der Waals surface area (Å²) in [6.07, 6.45) is 0.748. The summed E-state index contributed by atoms with van der Waals surface area (Å²) in [5.41, 5.74) is 10.5. The predicted molar refractivity (Wildman–Crippen MR) is 159 cm³/mol. The van der Waals surface area contributed by atoms with E-state index in [1.54, 1.807) is 24.1 Å². The van der Waals surface area contributed by atoms with Gasteiger partial charge >= 0.3 is 5.97 Å². The van der Waals surface area contributed by atoms with Gasteiger partial charge in [0.15, 0.2) is 6.29 Å². The SMILES string of the molecule is COC(=O)c1ccc(/C(C=O)=C(/Nc2ccc(N(C)C(=O)CN3CCN(C)CC3)cc2)c2ccccc2)c(N)c1. The van der Waals surface area contributed by atoms with Gasteiger partial charge in [0.05, 0.1) is 24.9 Å². The van der Waals surface area contributed by atoms with E-state index in [0.717, 1.165) is 49.4 Å². The lowest BCUT2D eigenvalue weighted by Crippen LogP contribution is -2.48. The van der Waals surface area contributed by atoms with Crippen LogP contribution in [0.15, 0.2) is 72.8 Å². The number of anilines is 3. The molecule has 1 aliphatic heterocycles. The molecular formula is C31H35N5O4. The van der Waals surface area contributed by atoms with Crippen molar-refractivity contribution in [2.45, 2.75) is 0 Å². The number of nitrogens with one attached hydrogen (secondary N) is 1. The van der Waals surface area contributed by atoms with Gasteiger partial charge < -0.3 is 25.6 Å². The lowest BCUT2D eigenvalue weighted by atomic mass is 9.97. The normalized spacial score (nSPS) is 14.7. The fraction of sp³-hybridized carbons (Fsp3) is 0.258. The number of aldehydes is 1. The molecule has 208 valence electrons. The highest BCUT2D eigenvalue weighted by Crippen LogP contribution is 2.31. The number of amides is 1. The van der Waals surface area contributed by atoms with Crippen LogP contribution in [0.2, 0.25) is 0 Å². The highest BCUT2D eigenvalue weighted by atomic mass is 16.5. The van der Waals surface area contributed by atoms with Gasteiger partial charge in [0, 0.05) is 61.4 Å². The lowest BCUT2D eigenvalue weighted by Gasteiger charge is -2.32. The lowest BCUT2D eigenvalue weighted by molar-refractivity contribution is -0.119. The molecule has 3 aromatic carbocycles. The van der Waals surface area contributed by atoms with Gasteiger partial charge in [-0.3, -0.25) is 14.5 Å². The number of ether oxygens (including phenoxy) is 1. The summed E-state index contributed by atoms with van der Waals surface area (Å²) < 4.78 is 4.78. The Balaban J connectivity index is 1.59. The highest BCUT2D eigenvalue weighted by molar-refractivity contribution is 6.20. The Morgan fingerprint density at radius 2 is 1.65 bits per heavy atom. The van der Waals surface area contributed by atoms with E-state index in [0.29, 0.717) is 28.9 Å². The van der Waals surface area contributed by atoms with Crippen molar-refractivity contribution in [1.82, 2.24) is 9.80 Å². The number of rotatable bonds is 9. The Morgan fingerprint density at radius 1 is 0.975 bits per heavy atom. The average Bonchev–Trinajstić information content (AvgIpc) is 2.98. The molecule has 1 saturated heterocycles. The first-order chi connectivity index (χ1) is 19.3. The molecule has 0 radical (unpaired) electrons. The second kappa shape index (κ2) is 13.1. The van der Waals surface area contributed by atoms with Crippen LogP contribution in [0.1, 0.15) is 21.5 Å². The van der Waals surface area contributed by atoms with Crippen molar-refractivity contribution in [1.29, 1.82) is 0 Å². The van der Waals surface area contributed by atoms with Crippen LogP contribution in [0, 0.1) is 0 Å². The number of nitrogens with zero attached hydrogens (tertiary/aromatic N) is 3. The molecule has 3 aromatic rings. The molecule has 1 fully saturated rings. The van der Waals surface area contributed by atoms with Crippen molar-refractivity contribution in [3.8, 4) is 0 Å². The molecule has 9 nitrogen and oxygen atoms in total. The van der Waals surface area contributed by atoms with Gasteiger partial charge in [-0.05, 0) is 49.0 Å². The third-order valence-electron chi connectivity index (χ3n) is 7.07. The fourth-order valence-corrected chi connectivity index (χ4v) is 4.57. The number of hydrogen-bond donors (Lipinski definition) is 2. The summed E-state index contributed by atoms with van der Waals surface area (Å²) in [5, 5.41) is 3.37. The van der Waals surface area contributed by atoms with Crippen LogP contribution in [0.3, 0.4) is 0 Å². The van der Waals surface area contributed by atoms with E-state index < -0.39 is 5.97 Å². The van der Waals surface area contributed by atoms with Crippen molar-refractivity contribution < 1.29 is 19.1 Å². The smallest absolute Gasteiger partial charge is 0.337 e. The Hall–Kier alpha value is -4.47. The summed E-state index contributed by atoms with van der Waals surface area (Å²) in [5.74, 6) is -0.479. The number of likely N-dealkylation sites (N-methyl/N-ethyl adjacent to an activating group) is 2. The zero-order valence-electron chi connectivity index (χ0n) is 23.1. The van der Waals surface area contributed by atoms with Crippen LogP contribution < -0.4 is 16.0 Å². The quantitative estimate of drug-likeness (QED) is 0.139. The summed E-state index contributed by atoms with van der Waals surface area (Å²) in [4.78, 5) is 43.4. The third-order valence-corrected chi connectivity index (χ3v) is 7.07. The first-order valence-corrected chi connectivity index (χ1v) is 13.1. The van der Waals surface area contributed by atoms with Gasteiger partial charge in [-0.2, -0.15) is 0 Å². The molecule has 1 aliphatic rings. The van der Waals surface area contributed by atoms with E-state index in [-0.39, 0.29) is 11.6 Å². The predicted octanol–water partition coefficient (Wildman–Crippen LogP) is 3.44. The van der Waals surface area contributed by atoms with Gasteiger partial charge in [-0.15, -0.1) is 0 Å². The molecule has 0 bridgehead atoms. The Labute approximate surface area is 234 Å². The molecule has 40 heavy (non-hydrogen) atoms. The highest BCUT2D eigenvalue weighted by Gasteiger charge is 2.20. The molecular weight excluding hydrogens is 506 g/mol. The number of nitrogens with two attached hydrogens (primary N) is 1. The summed E-state index contributed by atoms with van der Waals surface area (Å²) in [6.45, 7) is 4.05. The van der Waals surface area contributed by atoms with Crippen LogP contribution in [0.25, 0.3) is 11.3 Å². The van der Waals surface area contributed by atoms with E-state index in [2.05, 4.69) is 22.2 Å². The van der Waals surface area contributed by atoms with Crippen LogP contribution in [0.5, 0.6) is 0 Å². The van der Waals surface area contributed by atoms with Crippen LogP contribution in [0.4, 0.5) is 17.1 Å². The number of carbonyl (C=O) groups excluding carboxylic acids is 3. The molecule has 0 spiro atoms. The molecule has 1 heterocycles. The zero-order valence-corrected chi connectivity index (χ0v) is 23.1. The van der Waals surface area contributed by atoms with Gasteiger partial charge in [-0.1, -0.05) is 36.4 Å². The van der Waals surface area contributed by atoms with Gasteiger partial charge in [0.1, 0.15) is 0 Å². The van der Waals surface area contributed by atoms with E-state index in [9.17, 15) is 14.4 Å². The summed E-state index contributed by atoms with van der Waals surface area (Å²) in [7, 11) is 5.17. The van der Waals surface area contributed by atoms with Crippen molar-refractivity contribution in [2.75, 3.05) is 69.9 Å². The number of benzene rings is 3. The number of allylic oxidation sites excluding steroid dienone is 1. The van der Waals surface area contributed by atoms with Crippen LogP contribution in [-0.4, -0.2) is 81.9 Å². The monoisotopic (exact) mass is 541 g/mol. The Kier molecular flexibility index (Phi) is 9.31. The van der Waals surface area contributed by atoms with Gasteiger partial charge in [0.25, 0.3) is 0 Å². The largest absolute Gasteiger partial charge is 0.465 e. The van der Waals surface area contributed by atoms with Crippen LogP contribution >= 0.6 is 0 Å². The minimum absolute atomic E-state index is 0.0317. The van der Waals surface area contributed by atoms with Crippen LogP contribution in [-0.2, 0) is 14.3 Å². The summed E-state index contributed by atoms with van der Waals surface area (Å²) in [6, 6.07) is 21.6. The molecule has 0 atom stereocenters. The fourth-order valence-electron chi connectivity index (χ4n) is 4.57. The number of piperazine rings is 1. The molecule has 4 rings (SSSR count). The topological polar surface area (TPSA) is 108 Å². The maximum absolute atomic E-state index is 12.9. The molecule has 0 aliphatic carbocycles. The van der Waals surface area contributed by atoms with Crippen molar-refractivity contribution in [2.24, 2.45) is 0 Å². The van der Waals surface area contributed by atoms with Gasteiger partial charge in [-0.25, -0.2) is 4.79 Å². The molecule has 0 saturated carbocycles. The minimum atomic E-state index is -0.511. The first kappa shape index (κ1) is 28.5. The zero-order chi connectivity index (χ0) is 28.6. The minimum Gasteiger partial charge on any atom is -0.465 e. The van der Waals surface area contributed by atoms with Crippen molar-refractivity contribution in [3.05, 3.63) is 89.5 Å². The van der Waals surface area contributed by atoms with E-state index in [1.807, 2.05) is 54.6 Å². The van der Waals surface area contributed by atoms with E-state index in [1.165, 1.54) is 13.2 Å².